The maximum atomic E-state index is 5.20. The van der Waals surface area contributed by atoms with E-state index in [1.807, 2.05) is 6.08 Å². The van der Waals surface area contributed by atoms with E-state index < -0.39 is 0 Å². The molecule has 0 radical (unpaired) electrons. The molecule has 0 aliphatic carbocycles. The first-order valence-corrected chi connectivity index (χ1v) is 4.20. The van der Waals surface area contributed by atoms with E-state index in [-0.39, 0.29) is 0 Å². The fourth-order valence-electron chi connectivity index (χ4n) is 1.32. The monoisotopic (exact) mass is 186 g/mol. The molecular weight excluding hydrogens is 180 g/mol. The number of aromatic nitrogens is 2. The van der Waals surface area contributed by atoms with Crippen LogP contribution in [0.5, 0.6) is 5.88 Å². The molecular formula is C9H6N4O. The molecule has 1 aromatic rings. The minimum Gasteiger partial charge on any atom is -0.445 e. The SMILES string of the molecule is C1=COc2nc3c(nc2=C1)CN=CN=3. The van der Waals surface area contributed by atoms with Crippen molar-refractivity contribution < 1.29 is 4.74 Å². The van der Waals surface area contributed by atoms with Crippen molar-refractivity contribution in [2.75, 3.05) is 0 Å². The van der Waals surface area contributed by atoms with Gasteiger partial charge in [0.25, 0.3) is 0 Å². The van der Waals surface area contributed by atoms with E-state index in [1.54, 1.807) is 12.3 Å². The summed E-state index contributed by atoms with van der Waals surface area (Å²) in [5.74, 6) is 0.505. The Labute approximate surface area is 79.2 Å². The summed E-state index contributed by atoms with van der Waals surface area (Å²) in [4.78, 5) is 16.6. The molecule has 2 aliphatic rings. The van der Waals surface area contributed by atoms with Gasteiger partial charge < -0.3 is 4.74 Å². The molecule has 0 amide bonds. The molecule has 5 nitrogen and oxygen atoms in total. The first kappa shape index (κ1) is 7.37. The Balaban J connectivity index is 2.35. The van der Waals surface area contributed by atoms with Gasteiger partial charge in [0.1, 0.15) is 17.4 Å². The van der Waals surface area contributed by atoms with E-state index in [4.69, 9.17) is 4.74 Å². The van der Waals surface area contributed by atoms with Crippen LogP contribution in [0.3, 0.4) is 0 Å². The first-order chi connectivity index (χ1) is 6.93. The van der Waals surface area contributed by atoms with Gasteiger partial charge in [-0.2, -0.15) is 4.98 Å². The molecule has 0 N–H and O–H groups in total. The molecule has 0 saturated heterocycles. The van der Waals surface area contributed by atoms with Gasteiger partial charge in [-0.05, 0) is 12.2 Å². The second-order valence-electron chi connectivity index (χ2n) is 2.88. The lowest BCUT2D eigenvalue weighted by atomic mass is 10.3. The summed E-state index contributed by atoms with van der Waals surface area (Å²) in [5.41, 5.74) is 1.39. The van der Waals surface area contributed by atoms with E-state index in [2.05, 4.69) is 20.0 Å². The molecule has 68 valence electrons. The Morgan fingerprint density at radius 2 is 2.29 bits per heavy atom. The van der Waals surface area contributed by atoms with Gasteiger partial charge in [0, 0.05) is 0 Å². The summed E-state index contributed by atoms with van der Waals surface area (Å²) in [6.07, 6.45) is 6.70. The van der Waals surface area contributed by atoms with Crippen LogP contribution in [0, 0.1) is 0 Å². The summed E-state index contributed by atoms with van der Waals surface area (Å²) in [6.45, 7) is 0.538. The predicted octanol–water partition coefficient (Wildman–Crippen LogP) is -0.675. The lowest BCUT2D eigenvalue weighted by Gasteiger charge is -2.06. The Bertz CT molecular complexity index is 507. The van der Waals surface area contributed by atoms with Crippen molar-refractivity contribution in [3.05, 3.63) is 28.9 Å². The molecule has 0 unspecified atom stereocenters. The molecule has 14 heavy (non-hydrogen) atoms. The van der Waals surface area contributed by atoms with Crippen molar-refractivity contribution in [3.8, 4) is 5.88 Å². The van der Waals surface area contributed by atoms with Crippen LogP contribution in [-0.4, -0.2) is 16.3 Å². The Hall–Kier alpha value is -2.04. The number of hydrogen-bond acceptors (Lipinski definition) is 5. The Morgan fingerprint density at radius 3 is 3.29 bits per heavy atom. The van der Waals surface area contributed by atoms with Gasteiger partial charge in [0.2, 0.25) is 5.88 Å². The van der Waals surface area contributed by atoms with Crippen molar-refractivity contribution in [3.63, 3.8) is 0 Å². The molecule has 0 atom stereocenters. The van der Waals surface area contributed by atoms with Gasteiger partial charge >= 0.3 is 0 Å². The molecule has 5 heteroatoms. The molecule has 0 fully saturated rings. The van der Waals surface area contributed by atoms with Crippen LogP contribution in [0.2, 0.25) is 0 Å². The summed E-state index contributed by atoms with van der Waals surface area (Å²) < 4.78 is 5.20. The highest BCUT2D eigenvalue weighted by Crippen LogP contribution is 2.00. The van der Waals surface area contributed by atoms with E-state index in [0.29, 0.717) is 17.9 Å². The van der Waals surface area contributed by atoms with Gasteiger partial charge in [0.15, 0.2) is 5.49 Å². The second-order valence-corrected chi connectivity index (χ2v) is 2.88. The number of nitrogens with zero attached hydrogens (tertiary/aromatic N) is 4. The summed E-state index contributed by atoms with van der Waals surface area (Å²) in [6, 6.07) is 0. The average molecular weight is 186 g/mol. The van der Waals surface area contributed by atoms with Gasteiger partial charge in [-0.1, -0.05) is 0 Å². The van der Waals surface area contributed by atoms with Crippen molar-refractivity contribution in [1.82, 2.24) is 9.97 Å². The van der Waals surface area contributed by atoms with Crippen molar-refractivity contribution in [2.45, 2.75) is 6.54 Å². The molecule has 0 saturated carbocycles. The van der Waals surface area contributed by atoms with Crippen molar-refractivity contribution >= 4 is 12.4 Å². The largest absolute Gasteiger partial charge is 0.445 e. The maximum Gasteiger partial charge on any atom is 0.246 e. The number of ether oxygens (including phenoxy) is 1. The zero-order chi connectivity index (χ0) is 9.38. The molecule has 1 aromatic heterocycles. The summed E-state index contributed by atoms with van der Waals surface area (Å²) in [5, 5.41) is 0.735. The van der Waals surface area contributed by atoms with Crippen LogP contribution in [0.15, 0.2) is 22.3 Å². The van der Waals surface area contributed by atoms with Crippen LogP contribution < -0.4 is 15.6 Å². The molecule has 0 aromatic carbocycles. The quantitative estimate of drug-likeness (QED) is 0.539. The minimum atomic E-state index is 0.505. The number of rotatable bonds is 0. The smallest absolute Gasteiger partial charge is 0.246 e. The predicted molar refractivity (Wildman–Crippen MR) is 49.2 cm³/mol. The Morgan fingerprint density at radius 1 is 1.29 bits per heavy atom. The van der Waals surface area contributed by atoms with Crippen molar-refractivity contribution in [1.29, 1.82) is 0 Å². The zero-order valence-electron chi connectivity index (χ0n) is 7.21. The topological polar surface area (TPSA) is 59.7 Å². The highest BCUT2D eigenvalue weighted by atomic mass is 16.5. The minimum absolute atomic E-state index is 0.505. The number of hydrogen-bond donors (Lipinski definition) is 0. The summed E-state index contributed by atoms with van der Waals surface area (Å²) >= 11 is 0. The summed E-state index contributed by atoms with van der Waals surface area (Å²) in [7, 11) is 0. The fraction of sp³-hybridized carbons (Fsp3) is 0.111. The van der Waals surface area contributed by atoms with Gasteiger partial charge in [-0.25, -0.2) is 9.98 Å². The molecule has 3 heterocycles. The van der Waals surface area contributed by atoms with Crippen molar-refractivity contribution in [2.24, 2.45) is 9.98 Å². The second kappa shape index (κ2) is 2.73. The average Bonchev–Trinajstić information content (AvgIpc) is 2.26. The third-order valence-electron chi connectivity index (χ3n) is 1.96. The lowest BCUT2D eigenvalue weighted by molar-refractivity contribution is 0.446. The van der Waals surface area contributed by atoms with E-state index in [9.17, 15) is 0 Å². The zero-order valence-corrected chi connectivity index (χ0v) is 7.21. The number of aliphatic imine (C=N–C) groups is 1. The molecule has 0 bridgehead atoms. The van der Waals surface area contributed by atoms with Crippen LogP contribution in [0.1, 0.15) is 5.69 Å². The van der Waals surface area contributed by atoms with Gasteiger partial charge in [-0.15, -0.1) is 0 Å². The standard InChI is InChI=1S/C9H6N4O/c1-2-6-9(14-3-1)13-8-7(12-6)4-10-5-11-8/h1-3,5H,4H2. The van der Waals surface area contributed by atoms with Crippen LogP contribution in [0.25, 0.3) is 6.08 Å². The van der Waals surface area contributed by atoms with E-state index in [1.165, 1.54) is 6.34 Å². The highest BCUT2D eigenvalue weighted by Gasteiger charge is 2.08. The molecule has 2 aliphatic heterocycles. The van der Waals surface area contributed by atoms with Crippen LogP contribution in [-0.2, 0) is 6.54 Å². The third-order valence-corrected chi connectivity index (χ3v) is 1.96. The number of fused-ring (bicyclic) bond motifs is 2. The highest BCUT2D eigenvalue weighted by molar-refractivity contribution is 5.56. The lowest BCUT2D eigenvalue weighted by Crippen LogP contribution is -2.28. The normalized spacial score (nSPS) is 16.0. The van der Waals surface area contributed by atoms with Crippen LogP contribution >= 0.6 is 0 Å². The number of allylic oxidation sites excluding steroid dienone is 1. The molecule has 3 rings (SSSR count). The van der Waals surface area contributed by atoms with E-state index >= 15 is 0 Å². The van der Waals surface area contributed by atoms with Gasteiger partial charge in [-0.3, -0.25) is 4.99 Å². The first-order valence-electron chi connectivity index (χ1n) is 4.20. The molecule has 0 spiro atoms. The van der Waals surface area contributed by atoms with Gasteiger partial charge in [0.05, 0.1) is 12.8 Å². The van der Waals surface area contributed by atoms with E-state index in [0.717, 1.165) is 11.0 Å². The maximum absolute atomic E-state index is 5.20. The fourth-order valence-corrected chi connectivity index (χ4v) is 1.32. The van der Waals surface area contributed by atoms with Crippen LogP contribution in [0.4, 0.5) is 0 Å². The third kappa shape index (κ3) is 1.02. The Kier molecular flexibility index (Phi) is 1.44.